The molecule has 0 bridgehead atoms. The van der Waals surface area contributed by atoms with Crippen molar-refractivity contribution in [3.8, 4) is 0 Å². The summed E-state index contributed by atoms with van der Waals surface area (Å²) in [5.41, 5.74) is 1.15. The summed E-state index contributed by atoms with van der Waals surface area (Å²) in [6, 6.07) is 4.54. The standard InChI is InChI=1S/C20H27FN2O3/c1-20(2,3)26-19(25)22-16-6-4-5-13(16)12-18(24)23-10-9-14-11-15(21)7-8-17(14)23/h7-8,11,13,16H,4-6,9-10,12H2,1-3H3,(H,22,25)/t13-,16+/m0/s1. The van der Waals surface area contributed by atoms with Crippen LogP contribution in [-0.4, -0.2) is 30.2 Å². The Hall–Kier alpha value is -2.11. The van der Waals surface area contributed by atoms with Gasteiger partial charge < -0.3 is 15.0 Å². The molecule has 0 saturated heterocycles. The number of anilines is 1. The third-order valence-electron chi connectivity index (χ3n) is 5.04. The second kappa shape index (κ2) is 7.25. The van der Waals surface area contributed by atoms with Crippen molar-refractivity contribution >= 4 is 17.7 Å². The summed E-state index contributed by atoms with van der Waals surface area (Å²) in [5.74, 6) is -0.117. The van der Waals surface area contributed by atoms with Crippen LogP contribution < -0.4 is 10.2 Å². The maximum absolute atomic E-state index is 13.4. The van der Waals surface area contributed by atoms with Crippen LogP contribution >= 0.6 is 0 Å². The Morgan fingerprint density at radius 2 is 2.08 bits per heavy atom. The average molecular weight is 362 g/mol. The van der Waals surface area contributed by atoms with Gasteiger partial charge in [0.2, 0.25) is 5.91 Å². The van der Waals surface area contributed by atoms with Gasteiger partial charge >= 0.3 is 6.09 Å². The molecule has 0 unspecified atom stereocenters. The quantitative estimate of drug-likeness (QED) is 0.890. The first-order chi connectivity index (χ1) is 12.2. The van der Waals surface area contributed by atoms with Crippen LogP contribution in [0.4, 0.5) is 14.9 Å². The molecule has 2 amide bonds. The number of benzene rings is 1. The van der Waals surface area contributed by atoms with E-state index in [1.165, 1.54) is 12.1 Å². The van der Waals surface area contributed by atoms with Crippen molar-refractivity contribution in [3.05, 3.63) is 29.6 Å². The van der Waals surface area contributed by atoms with Crippen molar-refractivity contribution < 1.29 is 18.7 Å². The topological polar surface area (TPSA) is 58.6 Å². The first kappa shape index (κ1) is 18.7. The number of carbonyl (C=O) groups excluding carboxylic acids is 2. The summed E-state index contributed by atoms with van der Waals surface area (Å²) in [6.45, 7) is 6.08. The molecule has 1 aromatic carbocycles. The molecule has 0 spiro atoms. The Bertz CT molecular complexity index is 699. The van der Waals surface area contributed by atoms with Gasteiger partial charge in [-0.05, 0) is 69.7 Å². The molecule has 5 nitrogen and oxygen atoms in total. The molecule has 2 atom stereocenters. The molecule has 142 valence electrons. The average Bonchev–Trinajstić information content (AvgIpc) is 3.12. The minimum absolute atomic E-state index is 0.0379. The molecule has 1 aliphatic heterocycles. The van der Waals surface area contributed by atoms with Crippen LogP contribution in [0.1, 0.15) is 52.0 Å². The van der Waals surface area contributed by atoms with Gasteiger partial charge in [0.25, 0.3) is 0 Å². The second-order valence-electron chi connectivity index (χ2n) is 8.22. The van der Waals surface area contributed by atoms with E-state index < -0.39 is 11.7 Å². The van der Waals surface area contributed by atoms with Crippen LogP contribution in [0.2, 0.25) is 0 Å². The van der Waals surface area contributed by atoms with Gasteiger partial charge in [0.05, 0.1) is 0 Å². The van der Waals surface area contributed by atoms with Gasteiger partial charge in [0, 0.05) is 24.7 Å². The summed E-state index contributed by atoms with van der Waals surface area (Å²) < 4.78 is 18.7. The van der Waals surface area contributed by atoms with Crippen molar-refractivity contribution in [2.24, 2.45) is 5.92 Å². The summed E-state index contributed by atoms with van der Waals surface area (Å²) in [5, 5.41) is 2.93. The minimum atomic E-state index is -0.539. The molecule has 6 heteroatoms. The fraction of sp³-hybridized carbons (Fsp3) is 0.600. The second-order valence-corrected chi connectivity index (χ2v) is 8.22. The fourth-order valence-corrected chi connectivity index (χ4v) is 3.89. The van der Waals surface area contributed by atoms with E-state index in [4.69, 9.17) is 4.74 Å². The Balaban J connectivity index is 1.60. The number of ether oxygens (including phenoxy) is 1. The molecule has 26 heavy (non-hydrogen) atoms. The number of nitrogens with one attached hydrogen (secondary N) is 1. The van der Waals surface area contributed by atoms with Crippen LogP contribution in [0.5, 0.6) is 0 Å². The number of amides is 2. The lowest BCUT2D eigenvalue weighted by Gasteiger charge is -2.26. The number of hydrogen-bond donors (Lipinski definition) is 1. The van der Waals surface area contributed by atoms with Gasteiger partial charge in [-0.15, -0.1) is 0 Å². The molecule has 3 rings (SSSR count). The summed E-state index contributed by atoms with van der Waals surface area (Å²) >= 11 is 0. The largest absolute Gasteiger partial charge is 0.444 e. The van der Waals surface area contributed by atoms with Gasteiger partial charge in [0.15, 0.2) is 0 Å². The molecule has 1 N–H and O–H groups in total. The van der Waals surface area contributed by atoms with Crippen molar-refractivity contribution in [3.63, 3.8) is 0 Å². The highest BCUT2D eigenvalue weighted by Crippen LogP contribution is 2.33. The van der Waals surface area contributed by atoms with E-state index in [-0.39, 0.29) is 23.7 Å². The van der Waals surface area contributed by atoms with Crippen molar-refractivity contribution in [1.29, 1.82) is 0 Å². The van der Waals surface area contributed by atoms with E-state index >= 15 is 0 Å². The Kier molecular flexibility index (Phi) is 5.21. The van der Waals surface area contributed by atoms with Crippen LogP contribution in [0.15, 0.2) is 18.2 Å². The minimum Gasteiger partial charge on any atom is -0.444 e. The molecular formula is C20H27FN2O3. The van der Waals surface area contributed by atoms with Crippen molar-refractivity contribution in [1.82, 2.24) is 5.32 Å². The van der Waals surface area contributed by atoms with Crippen LogP contribution in [0, 0.1) is 11.7 Å². The third kappa shape index (κ3) is 4.34. The summed E-state index contributed by atoms with van der Waals surface area (Å²) in [7, 11) is 0. The van der Waals surface area contributed by atoms with E-state index in [1.807, 2.05) is 20.8 Å². The van der Waals surface area contributed by atoms with Crippen LogP contribution in [-0.2, 0) is 16.0 Å². The summed E-state index contributed by atoms with van der Waals surface area (Å²) in [6.07, 6.45) is 3.40. The third-order valence-corrected chi connectivity index (χ3v) is 5.04. The maximum atomic E-state index is 13.4. The van der Waals surface area contributed by atoms with Gasteiger partial charge in [-0.25, -0.2) is 9.18 Å². The van der Waals surface area contributed by atoms with Crippen LogP contribution in [0.3, 0.4) is 0 Å². The molecule has 1 aromatic rings. The first-order valence-corrected chi connectivity index (χ1v) is 9.31. The lowest BCUT2D eigenvalue weighted by atomic mass is 9.98. The number of nitrogens with zero attached hydrogens (tertiary/aromatic N) is 1. The highest BCUT2D eigenvalue weighted by Gasteiger charge is 2.34. The van der Waals surface area contributed by atoms with E-state index in [1.54, 1.807) is 11.0 Å². The number of carbonyl (C=O) groups is 2. The zero-order valence-corrected chi connectivity index (χ0v) is 15.7. The zero-order chi connectivity index (χ0) is 18.9. The predicted molar refractivity (Wildman–Crippen MR) is 97.6 cm³/mol. The van der Waals surface area contributed by atoms with Gasteiger partial charge in [-0.2, -0.15) is 0 Å². The predicted octanol–water partition coefficient (Wildman–Crippen LogP) is 3.80. The van der Waals surface area contributed by atoms with E-state index in [2.05, 4.69) is 5.32 Å². The smallest absolute Gasteiger partial charge is 0.407 e. The fourth-order valence-electron chi connectivity index (χ4n) is 3.89. The normalized spacial score (nSPS) is 22.2. The highest BCUT2D eigenvalue weighted by molar-refractivity contribution is 5.95. The molecule has 1 heterocycles. The number of halogens is 1. The van der Waals surface area contributed by atoms with E-state index in [9.17, 15) is 14.0 Å². The molecule has 0 aromatic heterocycles. The van der Waals surface area contributed by atoms with E-state index in [0.29, 0.717) is 19.4 Å². The molecular weight excluding hydrogens is 335 g/mol. The molecule has 1 fully saturated rings. The highest BCUT2D eigenvalue weighted by atomic mass is 19.1. The Morgan fingerprint density at radius 1 is 1.31 bits per heavy atom. The number of alkyl carbamates (subject to hydrolysis) is 1. The number of rotatable bonds is 3. The van der Waals surface area contributed by atoms with Crippen LogP contribution in [0.25, 0.3) is 0 Å². The molecule has 1 aliphatic carbocycles. The van der Waals surface area contributed by atoms with Crippen molar-refractivity contribution in [2.75, 3.05) is 11.4 Å². The lowest BCUT2D eigenvalue weighted by molar-refractivity contribution is -0.119. The van der Waals surface area contributed by atoms with Gasteiger partial charge in [0.1, 0.15) is 11.4 Å². The zero-order valence-electron chi connectivity index (χ0n) is 15.7. The molecule has 2 aliphatic rings. The molecule has 1 saturated carbocycles. The van der Waals surface area contributed by atoms with Gasteiger partial charge in [-0.3, -0.25) is 4.79 Å². The van der Waals surface area contributed by atoms with E-state index in [0.717, 1.165) is 30.5 Å². The summed E-state index contributed by atoms with van der Waals surface area (Å²) in [4.78, 5) is 26.6. The lowest BCUT2D eigenvalue weighted by Crippen LogP contribution is -2.42. The van der Waals surface area contributed by atoms with Gasteiger partial charge in [-0.1, -0.05) is 6.42 Å². The first-order valence-electron chi connectivity index (χ1n) is 9.31. The maximum Gasteiger partial charge on any atom is 0.407 e. The molecule has 0 radical (unpaired) electrons. The number of hydrogen-bond acceptors (Lipinski definition) is 3. The Labute approximate surface area is 153 Å². The van der Waals surface area contributed by atoms with Crippen molar-refractivity contribution in [2.45, 2.75) is 64.5 Å². The Morgan fingerprint density at radius 3 is 2.81 bits per heavy atom. The SMILES string of the molecule is CC(C)(C)OC(=O)N[C@@H]1CCC[C@H]1CC(=O)N1CCc2cc(F)ccc21. The number of fused-ring (bicyclic) bond motifs is 1. The monoisotopic (exact) mass is 362 g/mol.